The minimum absolute atomic E-state index is 0.823. The maximum Gasteiger partial charge on any atom is 0.00698 e. The number of allylic oxidation sites excluding steroid dienone is 1. The van der Waals surface area contributed by atoms with Crippen LogP contribution in [0.4, 0.5) is 0 Å². The van der Waals surface area contributed by atoms with E-state index in [2.05, 4.69) is 18.8 Å². The van der Waals surface area contributed by atoms with E-state index in [4.69, 9.17) is 0 Å². The molecular weight excluding hydrogens is 170 g/mol. The van der Waals surface area contributed by atoms with Crippen LogP contribution in [0.5, 0.6) is 0 Å². The molecule has 0 saturated heterocycles. The third kappa shape index (κ3) is 4.28. The number of hydrogen-bond donors (Lipinski definition) is 1. The second kappa shape index (κ2) is 7.05. The van der Waals surface area contributed by atoms with Crippen molar-refractivity contribution in [2.75, 3.05) is 6.54 Å². The van der Waals surface area contributed by atoms with Gasteiger partial charge in [0.2, 0.25) is 0 Å². The zero-order valence-corrected chi connectivity index (χ0v) is 9.60. The van der Waals surface area contributed by atoms with Gasteiger partial charge >= 0.3 is 0 Å². The van der Waals surface area contributed by atoms with E-state index in [0.717, 1.165) is 12.0 Å². The first-order chi connectivity index (χ1) is 6.86. The largest absolute Gasteiger partial charge is 0.314 e. The van der Waals surface area contributed by atoms with Crippen LogP contribution in [0.1, 0.15) is 51.9 Å². The van der Waals surface area contributed by atoms with Crippen molar-refractivity contribution in [3.05, 3.63) is 12.7 Å². The van der Waals surface area contributed by atoms with Gasteiger partial charge in [-0.3, -0.25) is 0 Å². The Hall–Kier alpha value is -0.300. The standard InChI is InChI=1S/C13H25N/c1-3-5-6-7-12-8-9-13(11-12)14-10-4-2/h3,12-14H,1,4-11H2,2H3. The van der Waals surface area contributed by atoms with Gasteiger partial charge in [0.1, 0.15) is 0 Å². The van der Waals surface area contributed by atoms with E-state index in [1.165, 1.54) is 51.5 Å². The third-order valence-electron chi connectivity index (χ3n) is 3.24. The van der Waals surface area contributed by atoms with Crippen molar-refractivity contribution in [1.82, 2.24) is 5.32 Å². The van der Waals surface area contributed by atoms with E-state index in [1.54, 1.807) is 0 Å². The first-order valence-corrected chi connectivity index (χ1v) is 6.21. The van der Waals surface area contributed by atoms with Gasteiger partial charge in [0.15, 0.2) is 0 Å². The minimum Gasteiger partial charge on any atom is -0.314 e. The molecule has 0 aliphatic heterocycles. The number of nitrogens with one attached hydrogen (secondary N) is 1. The Balaban J connectivity index is 2.04. The summed E-state index contributed by atoms with van der Waals surface area (Å²) in [5, 5.41) is 3.63. The van der Waals surface area contributed by atoms with Crippen LogP contribution in [-0.2, 0) is 0 Å². The number of hydrogen-bond acceptors (Lipinski definition) is 1. The van der Waals surface area contributed by atoms with E-state index in [0.29, 0.717) is 0 Å². The van der Waals surface area contributed by atoms with Crippen molar-refractivity contribution in [2.24, 2.45) is 5.92 Å². The molecule has 2 atom stereocenters. The van der Waals surface area contributed by atoms with Crippen LogP contribution in [-0.4, -0.2) is 12.6 Å². The van der Waals surface area contributed by atoms with Gasteiger partial charge in [0.05, 0.1) is 0 Å². The molecule has 0 spiro atoms. The molecule has 0 aromatic rings. The van der Waals surface area contributed by atoms with Gasteiger partial charge in [-0.1, -0.05) is 19.4 Å². The Labute approximate surface area is 89.0 Å². The van der Waals surface area contributed by atoms with Gasteiger partial charge in [0.25, 0.3) is 0 Å². The first kappa shape index (κ1) is 11.8. The second-order valence-electron chi connectivity index (χ2n) is 4.55. The lowest BCUT2D eigenvalue weighted by Crippen LogP contribution is -2.26. The van der Waals surface area contributed by atoms with Gasteiger partial charge in [-0.25, -0.2) is 0 Å². The quantitative estimate of drug-likeness (QED) is 0.484. The van der Waals surface area contributed by atoms with Crippen LogP contribution in [0.25, 0.3) is 0 Å². The van der Waals surface area contributed by atoms with Crippen LogP contribution < -0.4 is 5.32 Å². The van der Waals surface area contributed by atoms with Crippen molar-refractivity contribution in [2.45, 2.75) is 57.9 Å². The van der Waals surface area contributed by atoms with Gasteiger partial charge in [-0.15, -0.1) is 6.58 Å². The van der Waals surface area contributed by atoms with E-state index in [-0.39, 0.29) is 0 Å². The van der Waals surface area contributed by atoms with Crippen molar-refractivity contribution >= 4 is 0 Å². The molecule has 1 aliphatic carbocycles. The van der Waals surface area contributed by atoms with Gasteiger partial charge in [-0.05, 0) is 51.0 Å². The highest BCUT2D eigenvalue weighted by atomic mass is 14.9. The summed E-state index contributed by atoms with van der Waals surface area (Å²) >= 11 is 0. The predicted molar refractivity (Wildman–Crippen MR) is 63.5 cm³/mol. The lowest BCUT2D eigenvalue weighted by Gasteiger charge is -2.12. The molecule has 1 aliphatic rings. The van der Waals surface area contributed by atoms with E-state index < -0.39 is 0 Å². The maximum atomic E-state index is 3.77. The molecule has 1 saturated carbocycles. The smallest absolute Gasteiger partial charge is 0.00698 e. The van der Waals surface area contributed by atoms with Crippen LogP contribution in [0.15, 0.2) is 12.7 Å². The van der Waals surface area contributed by atoms with E-state index in [1.807, 2.05) is 6.08 Å². The van der Waals surface area contributed by atoms with Crippen molar-refractivity contribution < 1.29 is 0 Å². The third-order valence-corrected chi connectivity index (χ3v) is 3.24. The molecule has 0 heterocycles. The molecule has 14 heavy (non-hydrogen) atoms. The van der Waals surface area contributed by atoms with Crippen LogP contribution in [0.3, 0.4) is 0 Å². The van der Waals surface area contributed by atoms with E-state index in [9.17, 15) is 0 Å². The summed E-state index contributed by atoms with van der Waals surface area (Å²) in [4.78, 5) is 0. The Morgan fingerprint density at radius 2 is 2.29 bits per heavy atom. The zero-order chi connectivity index (χ0) is 10.2. The van der Waals surface area contributed by atoms with Crippen LogP contribution in [0.2, 0.25) is 0 Å². The molecule has 1 nitrogen and oxygen atoms in total. The molecule has 0 aromatic heterocycles. The molecule has 0 bridgehead atoms. The Bertz CT molecular complexity index is 153. The summed E-state index contributed by atoms with van der Waals surface area (Å²) in [6.45, 7) is 7.21. The van der Waals surface area contributed by atoms with Crippen LogP contribution >= 0.6 is 0 Å². The molecule has 2 unspecified atom stereocenters. The van der Waals surface area contributed by atoms with Gasteiger partial charge < -0.3 is 5.32 Å². The Morgan fingerprint density at radius 3 is 3.00 bits per heavy atom. The SMILES string of the molecule is C=CCCCC1CCC(NCCC)C1. The molecule has 1 heteroatoms. The average molecular weight is 195 g/mol. The highest BCUT2D eigenvalue weighted by Crippen LogP contribution is 2.29. The summed E-state index contributed by atoms with van der Waals surface area (Å²) in [5.74, 6) is 0.990. The van der Waals surface area contributed by atoms with Crippen LogP contribution in [0, 0.1) is 5.92 Å². The second-order valence-corrected chi connectivity index (χ2v) is 4.55. The molecule has 1 fully saturated rings. The fourth-order valence-corrected chi connectivity index (χ4v) is 2.42. The maximum absolute atomic E-state index is 3.77. The lowest BCUT2D eigenvalue weighted by molar-refractivity contribution is 0.454. The first-order valence-electron chi connectivity index (χ1n) is 6.21. The average Bonchev–Trinajstić information content (AvgIpc) is 2.63. The number of unbranched alkanes of at least 4 members (excludes halogenated alkanes) is 1. The highest BCUT2D eigenvalue weighted by molar-refractivity contribution is 4.81. The summed E-state index contributed by atoms with van der Waals surface area (Å²) < 4.78 is 0. The fourth-order valence-electron chi connectivity index (χ4n) is 2.42. The lowest BCUT2D eigenvalue weighted by atomic mass is 10.0. The number of rotatable bonds is 7. The van der Waals surface area contributed by atoms with E-state index >= 15 is 0 Å². The zero-order valence-electron chi connectivity index (χ0n) is 9.60. The monoisotopic (exact) mass is 195 g/mol. The van der Waals surface area contributed by atoms with Gasteiger partial charge in [-0.2, -0.15) is 0 Å². The van der Waals surface area contributed by atoms with Crippen molar-refractivity contribution in [3.63, 3.8) is 0 Å². The van der Waals surface area contributed by atoms with Crippen molar-refractivity contribution in [1.29, 1.82) is 0 Å². The summed E-state index contributed by atoms with van der Waals surface area (Å²) in [6.07, 6.45) is 11.5. The summed E-state index contributed by atoms with van der Waals surface area (Å²) in [5.41, 5.74) is 0. The highest BCUT2D eigenvalue weighted by Gasteiger charge is 2.22. The molecule has 82 valence electrons. The normalized spacial score (nSPS) is 26.6. The Kier molecular flexibility index (Phi) is 5.93. The predicted octanol–water partition coefficient (Wildman–Crippen LogP) is 3.51. The Morgan fingerprint density at radius 1 is 1.43 bits per heavy atom. The molecule has 0 radical (unpaired) electrons. The fraction of sp³-hybridized carbons (Fsp3) is 0.846. The summed E-state index contributed by atoms with van der Waals surface area (Å²) in [6, 6.07) is 0.823. The minimum atomic E-state index is 0.823. The molecule has 0 amide bonds. The molecular formula is C13H25N. The molecule has 0 aromatic carbocycles. The molecule has 1 N–H and O–H groups in total. The molecule has 1 rings (SSSR count). The van der Waals surface area contributed by atoms with Gasteiger partial charge in [0, 0.05) is 6.04 Å². The topological polar surface area (TPSA) is 12.0 Å². The summed E-state index contributed by atoms with van der Waals surface area (Å²) in [7, 11) is 0. The van der Waals surface area contributed by atoms with Crippen molar-refractivity contribution in [3.8, 4) is 0 Å².